The van der Waals surface area contributed by atoms with Crippen LogP contribution in [-0.4, -0.2) is 40.0 Å². The van der Waals surface area contributed by atoms with Crippen molar-refractivity contribution in [2.24, 2.45) is 0 Å². The molecule has 1 fully saturated rings. The third-order valence-corrected chi connectivity index (χ3v) is 5.52. The van der Waals surface area contributed by atoms with Gasteiger partial charge in [0.15, 0.2) is 4.96 Å². The zero-order valence-electron chi connectivity index (χ0n) is 12.8. The maximum Gasteiger partial charge on any atom is 0.259 e. The summed E-state index contributed by atoms with van der Waals surface area (Å²) in [5.74, 6) is 0. The SMILES string of the molecule is CNC1(C)CCN(Cc2cc(=O)n3c(C)csc3n2)CC1. The van der Waals surface area contributed by atoms with Gasteiger partial charge >= 0.3 is 0 Å². The van der Waals surface area contributed by atoms with Crippen LogP contribution < -0.4 is 10.9 Å². The predicted octanol–water partition coefficient (Wildman–Crippen LogP) is 1.64. The van der Waals surface area contributed by atoms with Gasteiger partial charge in [0.1, 0.15) is 0 Å². The van der Waals surface area contributed by atoms with Crippen molar-refractivity contribution in [3.05, 3.63) is 33.2 Å². The van der Waals surface area contributed by atoms with E-state index in [2.05, 4.69) is 22.1 Å². The standard InChI is InChI=1S/C15H22N4OS/c1-11-10-21-14-17-12(8-13(20)19(11)14)9-18-6-4-15(2,16-3)5-7-18/h8,10,16H,4-7,9H2,1-3H3. The van der Waals surface area contributed by atoms with E-state index in [1.807, 2.05) is 19.4 Å². The monoisotopic (exact) mass is 306 g/mol. The molecule has 1 aliphatic heterocycles. The van der Waals surface area contributed by atoms with Gasteiger partial charge in [0.25, 0.3) is 5.56 Å². The molecular weight excluding hydrogens is 284 g/mol. The van der Waals surface area contributed by atoms with Crippen LogP contribution in [0.25, 0.3) is 4.96 Å². The number of likely N-dealkylation sites (tertiary alicyclic amines) is 1. The van der Waals surface area contributed by atoms with Gasteiger partial charge in [-0.15, -0.1) is 11.3 Å². The molecule has 0 unspecified atom stereocenters. The van der Waals surface area contributed by atoms with E-state index < -0.39 is 0 Å². The van der Waals surface area contributed by atoms with E-state index >= 15 is 0 Å². The van der Waals surface area contributed by atoms with Crippen LogP contribution in [0.5, 0.6) is 0 Å². The molecule has 2 aromatic rings. The van der Waals surface area contributed by atoms with Crippen molar-refractivity contribution in [2.75, 3.05) is 20.1 Å². The first-order valence-electron chi connectivity index (χ1n) is 7.39. The first kappa shape index (κ1) is 14.7. The minimum Gasteiger partial charge on any atom is -0.314 e. The van der Waals surface area contributed by atoms with Crippen molar-refractivity contribution in [3.8, 4) is 0 Å². The molecule has 114 valence electrons. The van der Waals surface area contributed by atoms with Crippen LogP contribution in [0.2, 0.25) is 0 Å². The van der Waals surface area contributed by atoms with Gasteiger partial charge in [-0.3, -0.25) is 14.1 Å². The normalized spacial score (nSPS) is 19.2. The molecule has 3 rings (SSSR count). The number of aryl methyl sites for hydroxylation is 1. The number of hydrogen-bond donors (Lipinski definition) is 1. The highest BCUT2D eigenvalue weighted by atomic mass is 32.1. The third kappa shape index (κ3) is 2.88. The summed E-state index contributed by atoms with van der Waals surface area (Å²) in [7, 11) is 2.03. The molecule has 0 spiro atoms. The van der Waals surface area contributed by atoms with Gasteiger partial charge in [-0.05, 0) is 33.7 Å². The molecule has 21 heavy (non-hydrogen) atoms. The van der Waals surface area contributed by atoms with Crippen LogP contribution in [0, 0.1) is 6.92 Å². The summed E-state index contributed by atoms with van der Waals surface area (Å²) in [6, 6.07) is 1.68. The maximum absolute atomic E-state index is 12.2. The Morgan fingerprint density at radius 1 is 1.43 bits per heavy atom. The number of rotatable bonds is 3. The first-order chi connectivity index (χ1) is 10.0. The second kappa shape index (κ2) is 5.51. The fraction of sp³-hybridized carbons (Fsp3) is 0.600. The number of piperidine rings is 1. The van der Waals surface area contributed by atoms with Crippen LogP contribution in [0.4, 0.5) is 0 Å². The lowest BCUT2D eigenvalue weighted by atomic mass is 9.90. The van der Waals surface area contributed by atoms with Gasteiger partial charge in [0, 0.05) is 42.3 Å². The second-order valence-corrected chi connectivity index (χ2v) is 7.00. The average molecular weight is 306 g/mol. The largest absolute Gasteiger partial charge is 0.314 e. The quantitative estimate of drug-likeness (QED) is 0.936. The van der Waals surface area contributed by atoms with Gasteiger partial charge < -0.3 is 5.32 Å². The number of hydrogen-bond acceptors (Lipinski definition) is 5. The van der Waals surface area contributed by atoms with Gasteiger partial charge in [-0.2, -0.15) is 0 Å². The third-order valence-electron chi connectivity index (χ3n) is 4.58. The van der Waals surface area contributed by atoms with E-state index in [0.29, 0.717) is 0 Å². The summed E-state index contributed by atoms with van der Waals surface area (Å²) in [4.78, 5) is 20.0. The summed E-state index contributed by atoms with van der Waals surface area (Å²) in [6.07, 6.45) is 2.26. The lowest BCUT2D eigenvalue weighted by molar-refractivity contribution is 0.145. The van der Waals surface area contributed by atoms with Gasteiger partial charge in [0.05, 0.1) is 5.69 Å². The molecule has 0 bridgehead atoms. The number of thiazole rings is 1. The summed E-state index contributed by atoms with van der Waals surface area (Å²) in [6.45, 7) is 7.07. The van der Waals surface area contributed by atoms with Gasteiger partial charge in [0.2, 0.25) is 0 Å². The van der Waals surface area contributed by atoms with Crippen LogP contribution in [-0.2, 0) is 6.54 Å². The molecule has 1 saturated heterocycles. The second-order valence-electron chi connectivity index (χ2n) is 6.17. The number of aromatic nitrogens is 2. The Morgan fingerprint density at radius 2 is 2.14 bits per heavy atom. The molecule has 3 heterocycles. The van der Waals surface area contributed by atoms with E-state index in [1.54, 1.807) is 10.5 Å². The Bertz CT molecular complexity index is 697. The minimum atomic E-state index is 0.0332. The Hall–Kier alpha value is -1.24. The first-order valence-corrected chi connectivity index (χ1v) is 8.27. The van der Waals surface area contributed by atoms with E-state index in [0.717, 1.165) is 48.8 Å². The van der Waals surface area contributed by atoms with Crippen LogP contribution in [0.3, 0.4) is 0 Å². The fourth-order valence-corrected chi connectivity index (χ4v) is 3.76. The van der Waals surface area contributed by atoms with E-state index in [-0.39, 0.29) is 11.1 Å². The molecule has 0 amide bonds. The van der Waals surface area contributed by atoms with Gasteiger partial charge in [-0.25, -0.2) is 4.98 Å². The van der Waals surface area contributed by atoms with Crippen LogP contribution >= 0.6 is 11.3 Å². The van der Waals surface area contributed by atoms with Crippen LogP contribution in [0.15, 0.2) is 16.2 Å². The number of fused-ring (bicyclic) bond motifs is 1. The molecule has 0 aliphatic carbocycles. The predicted molar refractivity (Wildman–Crippen MR) is 86.1 cm³/mol. The maximum atomic E-state index is 12.2. The summed E-state index contributed by atoms with van der Waals surface area (Å²) >= 11 is 1.53. The highest BCUT2D eigenvalue weighted by molar-refractivity contribution is 7.15. The number of nitrogens with zero attached hydrogens (tertiary/aromatic N) is 3. The fourth-order valence-electron chi connectivity index (χ4n) is 2.87. The van der Waals surface area contributed by atoms with E-state index in [1.165, 1.54) is 11.3 Å². The Labute approximate surface area is 128 Å². The molecule has 1 N–H and O–H groups in total. The molecule has 2 aromatic heterocycles. The molecule has 5 nitrogen and oxygen atoms in total. The van der Waals surface area contributed by atoms with Crippen molar-refractivity contribution in [1.82, 2.24) is 19.6 Å². The van der Waals surface area contributed by atoms with Crippen molar-refractivity contribution in [2.45, 2.75) is 38.8 Å². The molecule has 0 radical (unpaired) electrons. The van der Waals surface area contributed by atoms with Gasteiger partial charge in [-0.1, -0.05) is 0 Å². The molecule has 6 heteroatoms. The molecular formula is C15H22N4OS. The van der Waals surface area contributed by atoms with Crippen molar-refractivity contribution >= 4 is 16.3 Å². The zero-order chi connectivity index (χ0) is 15.0. The summed E-state index contributed by atoms with van der Waals surface area (Å²) in [5, 5.41) is 5.39. The highest BCUT2D eigenvalue weighted by Crippen LogP contribution is 2.22. The molecule has 0 atom stereocenters. The number of nitrogens with one attached hydrogen (secondary N) is 1. The Kier molecular flexibility index (Phi) is 3.86. The van der Waals surface area contributed by atoms with Crippen molar-refractivity contribution in [3.63, 3.8) is 0 Å². The zero-order valence-corrected chi connectivity index (χ0v) is 13.7. The summed E-state index contributed by atoms with van der Waals surface area (Å²) < 4.78 is 1.68. The smallest absolute Gasteiger partial charge is 0.259 e. The molecule has 0 saturated carbocycles. The van der Waals surface area contributed by atoms with E-state index in [4.69, 9.17) is 0 Å². The Balaban J connectivity index is 1.76. The Morgan fingerprint density at radius 3 is 2.81 bits per heavy atom. The lowest BCUT2D eigenvalue weighted by Crippen LogP contribution is -2.49. The van der Waals surface area contributed by atoms with Crippen molar-refractivity contribution < 1.29 is 0 Å². The topological polar surface area (TPSA) is 49.6 Å². The lowest BCUT2D eigenvalue weighted by Gasteiger charge is -2.39. The highest BCUT2D eigenvalue weighted by Gasteiger charge is 2.28. The average Bonchev–Trinajstić information content (AvgIpc) is 2.84. The molecule has 1 aliphatic rings. The minimum absolute atomic E-state index is 0.0332. The van der Waals surface area contributed by atoms with Crippen LogP contribution in [0.1, 0.15) is 31.2 Å². The van der Waals surface area contributed by atoms with E-state index in [9.17, 15) is 4.79 Å². The molecule has 0 aromatic carbocycles. The van der Waals surface area contributed by atoms with Crippen molar-refractivity contribution in [1.29, 1.82) is 0 Å². The summed E-state index contributed by atoms with van der Waals surface area (Å²) in [5.41, 5.74) is 2.13.